The molecule has 0 aromatic heterocycles. The molecule has 14 heteroatoms. The standard InChI is InChI=1S/C64H80N2O12/c1-63(74,55(69)33-76-3)34-66-53-30-41(28-49-45(53)18-20-52(65-2)60(49)72)38-16-17-39-32-57(70)78-61-46(39)29-42(59(71)58(61)37-12-5-4-6-13-37)31-56-64(75)50-15-8-7-14-40(50)27-47-48(54(68)21-19-51(47)64)24-36-11-9-10-35(22-36)23-44(67)26-43(25-38)62(73)77-56/h9-11,22,26,28-30,37-40,44,47-48,50-52,55-56,60,65-67,69,71-72,74-75H,4-8,12-15,18-21,23-25,27,31-34H2,1-3H3/b43-26-/t38-,39-,40+,44-,47+,48-,50-,51-,52-,55-,56-,60+,63-,64+/m1/s1. The summed E-state index contributed by atoms with van der Waals surface area (Å²) in [5.41, 5.74) is 3.04. The Balaban J connectivity index is 1.13. The van der Waals surface area contributed by atoms with Gasteiger partial charge in [-0.2, -0.15) is 0 Å². The molecule has 8 aliphatic rings. The van der Waals surface area contributed by atoms with E-state index in [1.807, 2.05) is 49.5 Å². The number of phenols is 1. The first kappa shape index (κ1) is 54.8. The van der Waals surface area contributed by atoms with Gasteiger partial charge in [-0.1, -0.05) is 80.7 Å². The third kappa shape index (κ3) is 10.5. The number of ether oxygens (including phenoxy) is 3. The third-order valence-corrected chi connectivity index (χ3v) is 19.9. The Morgan fingerprint density at radius 1 is 0.859 bits per heavy atom. The van der Waals surface area contributed by atoms with Crippen LogP contribution in [-0.2, 0) is 49.5 Å². The van der Waals surface area contributed by atoms with E-state index in [0.717, 1.165) is 74.5 Å². The average Bonchev–Trinajstić information content (AvgIpc) is 3.62. The minimum atomic E-state index is -1.63. The van der Waals surface area contributed by atoms with Crippen molar-refractivity contribution in [2.75, 3.05) is 32.6 Å². The topological polar surface area (TPSA) is 224 Å². The van der Waals surface area contributed by atoms with E-state index in [4.69, 9.17) is 14.2 Å². The van der Waals surface area contributed by atoms with Crippen LogP contribution >= 0.6 is 0 Å². The van der Waals surface area contributed by atoms with Crippen molar-refractivity contribution in [3.05, 3.63) is 98.6 Å². The molecule has 8 N–H and O–H groups in total. The zero-order valence-electron chi connectivity index (χ0n) is 45.6. The lowest BCUT2D eigenvalue weighted by Gasteiger charge is -2.59. The summed E-state index contributed by atoms with van der Waals surface area (Å²) in [7, 11) is 3.26. The molecule has 4 fully saturated rings. The summed E-state index contributed by atoms with van der Waals surface area (Å²) in [6.45, 7) is 1.34. The monoisotopic (exact) mass is 1070 g/mol. The maximum atomic E-state index is 15.9. The van der Waals surface area contributed by atoms with Gasteiger partial charge in [0.25, 0.3) is 0 Å². The predicted octanol–water partition coefficient (Wildman–Crippen LogP) is 7.45. The second kappa shape index (κ2) is 22.4. The second-order valence-electron chi connectivity index (χ2n) is 24.8. The quantitative estimate of drug-likeness (QED) is 0.0592. The average molecular weight is 1070 g/mol. The summed E-state index contributed by atoms with van der Waals surface area (Å²) in [6.07, 6.45) is 8.06. The Kier molecular flexibility index (Phi) is 15.8. The minimum absolute atomic E-state index is 0.0266. The number of Topliss-reactive ketones (excluding diaryl/α,β-unsaturated/α-hetero) is 1. The highest BCUT2D eigenvalue weighted by Gasteiger charge is 2.62. The smallest absolute Gasteiger partial charge is 0.334 e. The lowest BCUT2D eigenvalue weighted by atomic mass is 9.48. The van der Waals surface area contributed by atoms with E-state index in [1.165, 1.54) is 14.0 Å². The lowest BCUT2D eigenvalue weighted by Crippen LogP contribution is -2.65. The van der Waals surface area contributed by atoms with Crippen molar-refractivity contribution < 1.29 is 59.2 Å². The van der Waals surface area contributed by atoms with E-state index >= 15 is 4.79 Å². The molecule has 0 spiro atoms. The van der Waals surface area contributed by atoms with E-state index in [-0.39, 0.29) is 98.0 Å². The zero-order chi connectivity index (χ0) is 54.6. The first-order valence-electron chi connectivity index (χ1n) is 29.2. The van der Waals surface area contributed by atoms with Crippen molar-refractivity contribution in [3.8, 4) is 23.3 Å². The number of likely N-dealkylation sites (N-methyl/N-ethyl adjacent to an activating group) is 1. The summed E-state index contributed by atoms with van der Waals surface area (Å²) < 4.78 is 18.5. The number of methoxy groups -OCH3 is 1. The van der Waals surface area contributed by atoms with Gasteiger partial charge >= 0.3 is 11.9 Å². The molecule has 3 aromatic rings. The lowest BCUT2D eigenvalue weighted by molar-refractivity contribution is -0.228. The van der Waals surface area contributed by atoms with Crippen molar-refractivity contribution in [2.24, 2.45) is 29.6 Å². The molecule has 14 atom stereocenters. The van der Waals surface area contributed by atoms with Crippen molar-refractivity contribution in [1.29, 1.82) is 0 Å². The van der Waals surface area contributed by atoms with Gasteiger partial charge in [0.05, 0.1) is 31.2 Å². The fourth-order valence-electron chi connectivity index (χ4n) is 15.8. The number of anilines is 1. The second-order valence-corrected chi connectivity index (χ2v) is 24.8. The van der Waals surface area contributed by atoms with Crippen LogP contribution < -0.4 is 15.4 Å². The third-order valence-electron chi connectivity index (χ3n) is 19.9. The number of aliphatic hydroxyl groups is 5. The van der Waals surface area contributed by atoms with Gasteiger partial charge in [0.2, 0.25) is 0 Å². The number of benzene rings is 3. The van der Waals surface area contributed by atoms with Gasteiger partial charge in [-0.15, -0.1) is 0 Å². The van der Waals surface area contributed by atoms with Crippen molar-refractivity contribution in [3.63, 3.8) is 0 Å². The number of hydrogen-bond donors (Lipinski definition) is 8. The van der Waals surface area contributed by atoms with Gasteiger partial charge < -0.3 is 55.5 Å². The van der Waals surface area contributed by atoms with E-state index in [1.54, 1.807) is 6.08 Å². The van der Waals surface area contributed by atoms with E-state index in [9.17, 15) is 40.2 Å². The molecular formula is C64H80N2O12. The van der Waals surface area contributed by atoms with Gasteiger partial charge in [0.15, 0.2) is 0 Å². The maximum Gasteiger partial charge on any atom is 0.334 e. The van der Waals surface area contributed by atoms with Crippen LogP contribution in [0.1, 0.15) is 172 Å². The van der Waals surface area contributed by atoms with Gasteiger partial charge in [-0.25, -0.2) is 4.79 Å². The normalized spacial score (nSPS) is 33.9. The van der Waals surface area contributed by atoms with Gasteiger partial charge in [0.1, 0.15) is 40.7 Å². The number of esters is 2. The van der Waals surface area contributed by atoms with E-state index in [2.05, 4.69) is 22.5 Å². The van der Waals surface area contributed by atoms with Crippen LogP contribution in [0, 0.1) is 41.4 Å². The van der Waals surface area contributed by atoms with Gasteiger partial charge in [-0.3, -0.25) is 9.59 Å². The van der Waals surface area contributed by atoms with Crippen molar-refractivity contribution in [1.82, 2.24) is 5.32 Å². The molecule has 4 saturated carbocycles. The summed E-state index contributed by atoms with van der Waals surface area (Å²) in [6, 6.07) is 13.4. The van der Waals surface area contributed by atoms with Gasteiger partial charge in [-0.05, 0) is 153 Å². The van der Waals surface area contributed by atoms with Crippen molar-refractivity contribution in [2.45, 2.75) is 188 Å². The number of ketones is 1. The molecule has 3 heterocycles. The fourth-order valence-corrected chi connectivity index (χ4v) is 15.8. The highest BCUT2D eigenvalue weighted by atomic mass is 16.6. The number of phenolic OH excluding ortho intramolecular Hbond substituents is 1. The number of fused-ring (bicyclic) bond motifs is 10. The molecule has 0 amide bonds. The Hall–Kier alpha value is -5.11. The van der Waals surface area contributed by atoms with Crippen LogP contribution in [0.4, 0.5) is 5.69 Å². The van der Waals surface area contributed by atoms with Crippen LogP contribution in [0.25, 0.3) is 0 Å². The summed E-state index contributed by atoms with van der Waals surface area (Å²) >= 11 is 0. The fraction of sp³-hybridized carbons (Fsp3) is 0.609. The largest absolute Gasteiger partial charge is 0.507 e. The highest BCUT2D eigenvalue weighted by Crippen LogP contribution is 2.59. The maximum absolute atomic E-state index is 15.9. The van der Waals surface area contributed by atoms with Crippen LogP contribution in [0.3, 0.4) is 0 Å². The number of carbonyl (C=O) groups excluding carboxylic acids is 3. The summed E-state index contributed by atoms with van der Waals surface area (Å²) in [5.74, 6) is 3.48. The summed E-state index contributed by atoms with van der Waals surface area (Å²) in [4.78, 5) is 44.2. The first-order valence-corrected chi connectivity index (χ1v) is 29.2. The number of aliphatic hydroxyl groups excluding tert-OH is 3. The molecule has 418 valence electrons. The molecule has 5 aliphatic carbocycles. The SMILES string of the molecule is CN[C@@H]1CCc2c(NC[C@@](C)(O)[C@H](O)COC)cc([C@@H]3C#C[C@@H]4CC(=O)Oc5c4cc(c(O)c5C4CCCCC4)C[C@H]4OC(=O)/C(=C\[C@H](O)Cc5cccc(c5)C[C@H]5C(=O)CC[C@@H]6[C@H]5C[C@@H]5CCCC[C@H]5[C@]64O)C3)cc2[C@@H]1O. The summed E-state index contributed by atoms with van der Waals surface area (Å²) in [5, 5.41) is 80.6. The van der Waals surface area contributed by atoms with Crippen LogP contribution in [0.2, 0.25) is 0 Å². The number of nitrogens with one attached hydrogen (secondary N) is 2. The highest BCUT2D eigenvalue weighted by molar-refractivity contribution is 5.89. The van der Waals surface area contributed by atoms with E-state index in [0.29, 0.717) is 71.4 Å². The molecule has 78 heavy (non-hydrogen) atoms. The van der Waals surface area contributed by atoms with E-state index < -0.39 is 65.3 Å². The Labute approximate surface area is 458 Å². The van der Waals surface area contributed by atoms with Crippen LogP contribution in [0.5, 0.6) is 11.5 Å². The molecule has 0 radical (unpaired) electrons. The molecule has 0 unspecified atom stereocenters. The minimum Gasteiger partial charge on any atom is -0.507 e. The number of hydrogen-bond acceptors (Lipinski definition) is 14. The number of carbonyl (C=O) groups is 3. The number of rotatable bonds is 9. The molecule has 3 aliphatic heterocycles. The molecule has 3 aromatic carbocycles. The Morgan fingerprint density at radius 3 is 2.40 bits per heavy atom. The van der Waals surface area contributed by atoms with Crippen molar-refractivity contribution >= 4 is 23.4 Å². The number of aromatic hydroxyl groups is 1. The zero-order valence-corrected chi connectivity index (χ0v) is 45.6. The molecule has 11 rings (SSSR count). The Bertz CT molecular complexity index is 2880. The van der Waals surface area contributed by atoms with Gasteiger partial charge in [0, 0.05) is 73.2 Å². The van der Waals surface area contributed by atoms with Crippen LogP contribution in [-0.4, -0.2) is 111 Å². The van der Waals surface area contributed by atoms with Crippen LogP contribution in [0.15, 0.2) is 54.1 Å². The molecule has 14 nitrogen and oxygen atoms in total. The predicted molar refractivity (Wildman–Crippen MR) is 293 cm³/mol. The molecule has 0 saturated heterocycles. The Morgan fingerprint density at radius 2 is 1.62 bits per heavy atom. The molecular weight excluding hydrogens is 989 g/mol. The first-order chi connectivity index (χ1) is 37.5. The molecule has 10 bridgehead atoms.